The Labute approximate surface area is 173 Å². The number of carbonyl (C=O) groups excluding carboxylic acids is 1. The SMILES string of the molecule is CCC[C@H](C)NC(=O)C[NH+](C)Cc1cn(-c2ccccc2)nc1-c1ccccc1. The van der Waals surface area contributed by atoms with Gasteiger partial charge in [-0.15, -0.1) is 0 Å². The van der Waals surface area contributed by atoms with Crippen LogP contribution in [0, 0.1) is 0 Å². The summed E-state index contributed by atoms with van der Waals surface area (Å²) in [4.78, 5) is 13.5. The van der Waals surface area contributed by atoms with Crippen LogP contribution < -0.4 is 10.2 Å². The molecule has 2 N–H and O–H groups in total. The van der Waals surface area contributed by atoms with Crippen LogP contribution in [-0.4, -0.2) is 35.3 Å². The Kier molecular flexibility index (Phi) is 7.19. The quantitative estimate of drug-likeness (QED) is 0.589. The van der Waals surface area contributed by atoms with E-state index in [-0.39, 0.29) is 11.9 Å². The van der Waals surface area contributed by atoms with E-state index in [2.05, 4.69) is 44.5 Å². The highest BCUT2D eigenvalue weighted by molar-refractivity contribution is 5.77. The van der Waals surface area contributed by atoms with Gasteiger partial charge in [0.2, 0.25) is 0 Å². The third-order valence-electron chi connectivity index (χ3n) is 4.94. The fourth-order valence-corrected chi connectivity index (χ4v) is 3.58. The van der Waals surface area contributed by atoms with Gasteiger partial charge < -0.3 is 10.2 Å². The maximum atomic E-state index is 12.4. The largest absolute Gasteiger partial charge is 0.349 e. The van der Waals surface area contributed by atoms with Crippen LogP contribution in [-0.2, 0) is 11.3 Å². The fourth-order valence-electron chi connectivity index (χ4n) is 3.58. The number of para-hydroxylation sites is 1. The lowest BCUT2D eigenvalue weighted by Gasteiger charge is -2.16. The van der Waals surface area contributed by atoms with Crippen molar-refractivity contribution in [2.24, 2.45) is 0 Å². The second-order valence-electron chi connectivity index (χ2n) is 7.72. The smallest absolute Gasteiger partial charge is 0.275 e. The predicted molar refractivity (Wildman–Crippen MR) is 117 cm³/mol. The van der Waals surface area contributed by atoms with Crippen molar-refractivity contribution >= 4 is 5.91 Å². The number of hydrogen-bond acceptors (Lipinski definition) is 2. The maximum Gasteiger partial charge on any atom is 0.275 e. The Morgan fingerprint density at radius 2 is 1.76 bits per heavy atom. The molecule has 2 aromatic carbocycles. The van der Waals surface area contributed by atoms with Gasteiger partial charge in [0.1, 0.15) is 12.2 Å². The average molecular weight is 392 g/mol. The van der Waals surface area contributed by atoms with Crippen molar-refractivity contribution in [2.45, 2.75) is 39.3 Å². The van der Waals surface area contributed by atoms with Crippen molar-refractivity contribution in [2.75, 3.05) is 13.6 Å². The lowest BCUT2D eigenvalue weighted by molar-refractivity contribution is -0.885. The van der Waals surface area contributed by atoms with Gasteiger partial charge in [-0.05, 0) is 25.5 Å². The first-order valence-electron chi connectivity index (χ1n) is 10.4. The van der Waals surface area contributed by atoms with Gasteiger partial charge in [0.05, 0.1) is 18.3 Å². The predicted octanol–water partition coefficient (Wildman–Crippen LogP) is 2.86. The highest BCUT2D eigenvalue weighted by Crippen LogP contribution is 2.23. The van der Waals surface area contributed by atoms with E-state index in [1.165, 1.54) is 0 Å². The van der Waals surface area contributed by atoms with Gasteiger partial charge in [0.25, 0.3) is 5.91 Å². The third kappa shape index (κ3) is 5.78. The van der Waals surface area contributed by atoms with Crippen molar-refractivity contribution < 1.29 is 9.69 Å². The molecule has 0 spiro atoms. The molecule has 0 radical (unpaired) electrons. The zero-order valence-electron chi connectivity index (χ0n) is 17.6. The summed E-state index contributed by atoms with van der Waals surface area (Å²) >= 11 is 0. The van der Waals surface area contributed by atoms with E-state index in [1.807, 2.05) is 53.2 Å². The molecule has 2 atom stereocenters. The molecule has 0 aliphatic carbocycles. The molecule has 3 rings (SSSR count). The van der Waals surface area contributed by atoms with Crippen LogP contribution in [0.2, 0.25) is 0 Å². The van der Waals surface area contributed by atoms with Crippen LogP contribution in [0.4, 0.5) is 0 Å². The number of nitrogens with zero attached hydrogens (tertiary/aromatic N) is 2. The summed E-state index contributed by atoms with van der Waals surface area (Å²) in [7, 11) is 2.05. The van der Waals surface area contributed by atoms with Gasteiger partial charge >= 0.3 is 0 Å². The van der Waals surface area contributed by atoms with E-state index in [9.17, 15) is 4.79 Å². The topological polar surface area (TPSA) is 51.4 Å². The minimum atomic E-state index is 0.0974. The van der Waals surface area contributed by atoms with Crippen molar-refractivity contribution in [3.05, 3.63) is 72.4 Å². The zero-order valence-corrected chi connectivity index (χ0v) is 17.6. The highest BCUT2D eigenvalue weighted by atomic mass is 16.2. The molecule has 5 heteroatoms. The van der Waals surface area contributed by atoms with E-state index in [1.54, 1.807) is 0 Å². The molecular formula is C24H31N4O+. The molecule has 29 heavy (non-hydrogen) atoms. The molecule has 5 nitrogen and oxygen atoms in total. The number of carbonyl (C=O) groups is 1. The molecule has 0 fully saturated rings. The Morgan fingerprint density at radius 1 is 1.10 bits per heavy atom. The van der Waals surface area contributed by atoms with Gasteiger partial charge in [-0.1, -0.05) is 61.9 Å². The molecule has 1 heterocycles. The second-order valence-corrected chi connectivity index (χ2v) is 7.72. The van der Waals surface area contributed by atoms with Crippen LogP contribution >= 0.6 is 0 Å². The van der Waals surface area contributed by atoms with E-state index < -0.39 is 0 Å². The van der Waals surface area contributed by atoms with Gasteiger partial charge in [0, 0.05) is 17.8 Å². The van der Waals surface area contributed by atoms with Crippen LogP contribution in [0.5, 0.6) is 0 Å². The number of nitrogens with one attached hydrogen (secondary N) is 2. The number of quaternary nitrogens is 1. The van der Waals surface area contributed by atoms with E-state index in [0.717, 1.165) is 46.8 Å². The van der Waals surface area contributed by atoms with Gasteiger partial charge in [0.15, 0.2) is 6.54 Å². The Balaban J connectivity index is 1.78. The molecule has 3 aromatic rings. The summed E-state index contributed by atoms with van der Waals surface area (Å²) in [5.74, 6) is 0.0974. The standard InChI is InChI=1S/C24H30N4O/c1-4-11-19(2)25-23(29)18-27(3)16-21-17-28(22-14-9-6-10-15-22)26-24(21)20-12-7-5-8-13-20/h5-10,12-15,17,19H,4,11,16,18H2,1-3H3,(H,25,29)/p+1/t19-/m0/s1. The summed E-state index contributed by atoms with van der Waals surface area (Å²) in [6.45, 7) is 5.37. The molecule has 0 saturated carbocycles. The number of hydrogen-bond donors (Lipinski definition) is 2. The second kappa shape index (κ2) is 10.0. The molecule has 0 aliphatic heterocycles. The molecule has 152 valence electrons. The number of aromatic nitrogens is 2. The van der Waals surface area contributed by atoms with E-state index in [4.69, 9.17) is 5.10 Å². The van der Waals surface area contributed by atoms with Crippen LogP contribution in [0.1, 0.15) is 32.3 Å². The summed E-state index contributed by atoms with van der Waals surface area (Å²) < 4.78 is 1.92. The summed E-state index contributed by atoms with van der Waals surface area (Å²) in [5.41, 5.74) is 4.21. The number of rotatable bonds is 9. The third-order valence-corrected chi connectivity index (χ3v) is 4.94. The van der Waals surface area contributed by atoms with Crippen LogP contribution in [0.25, 0.3) is 16.9 Å². The molecule has 1 aromatic heterocycles. The molecule has 1 amide bonds. The van der Waals surface area contributed by atoms with Crippen molar-refractivity contribution in [1.29, 1.82) is 0 Å². The van der Waals surface area contributed by atoms with Gasteiger partial charge in [-0.3, -0.25) is 4.79 Å². The molecule has 0 bridgehead atoms. The molecular weight excluding hydrogens is 360 g/mol. The molecule has 0 saturated heterocycles. The number of benzene rings is 2. The highest BCUT2D eigenvalue weighted by Gasteiger charge is 2.18. The first-order valence-corrected chi connectivity index (χ1v) is 10.4. The first-order chi connectivity index (χ1) is 14.1. The fraction of sp³-hybridized carbons (Fsp3) is 0.333. The van der Waals surface area contributed by atoms with Crippen LogP contribution in [0.15, 0.2) is 66.9 Å². The summed E-state index contributed by atoms with van der Waals surface area (Å²) in [6.07, 6.45) is 4.16. The first kappa shape index (κ1) is 20.8. The summed E-state index contributed by atoms with van der Waals surface area (Å²) in [5, 5.41) is 7.95. The van der Waals surface area contributed by atoms with Crippen molar-refractivity contribution in [1.82, 2.24) is 15.1 Å². The van der Waals surface area contributed by atoms with Gasteiger partial charge in [-0.25, -0.2) is 4.68 Å². The van der Waals surface area contributed by atoms with Gasteiger partial charge in [-0.2, -0.15) is 5.10 Å². The van der Waals surface area contributed by atoms with Crippen molar-refractivity contribution in [3.8, 4) is 16.9 Å². The van der Waals surface area contributed by atoms with Crippen LogP contribution in [0.3, 0.4) is 0 Å². The normalized spacial score (nSPS) is 13.1. The van der Waals surface area contributed by atoms with E-state index >= 15 is 0 Å². The van der Waals surface area contributed by atoms with Crippen molar-refractivity contribution in [3.63, 3.8) is 0 Å². The average Bonchev–Trinajstić information content (AvgIpc) is 3.13. The lowest BCUT2D eigenvalue weighted by Crippen LogP contribution is -3.09. The van der Waals surface area contributed by atoms with E-state index in [0.29, 0.717) is 6.54 Å². The molecule has 1 unspecified atom stereocenters. The Hall–Kier alpha value is -2.92. The Morgan fingerprint density at radius 3 is 2.41 bits per heavy atom. The monoisotopic (exact) mass is 391 g/mol. The number of likely N-dealkylation sites (N-methyl/N-ethyl adjacent to an activating group) is 1. The zero-order chi connectivity index (χ0) is 20.6. The lowest BCUT2D eigenvalue weighted by atomic mass is 10.1. The minimum absolute atomic E-state index is 0.0974. The Bertz CT molecular complexity index is 905. The number of amides is 1. The minimum Gasteiger partial charge on any atom is -0.349 e. The molecule has 0 aliphatic rings. The summed E-state index contributed by atoms with van der Waals surface area (Å²) in [6, 6.07) is 20.6. The maximum absolute atomic E-state index is 12.4.